The third-order valence-electron chi connectivity index (χ3n) is 2.36. The van der Waals surface area contributed by atoms with Crippen LogP contribution in [0.1, 0.15) is 31.9 Å². The first kappa shape index (κ1) is 12.5. The van der Waals surface area contributed by atoms with Gasteiger partial charge in [-0.05, 0) is 18.9 Å². The average molecular weight is 221 g/mol. The number of nitrogens with two attached hydrogens (primary N) is 1. The lowest BCUT2D eigenvalue weighted by Gasteiger charge is -2.20. The Kier molecular flexibility index (Phi) is 4.79. The van der Waals surface area contributed by atoms with Gasteiger partial charge >= 0.3 is 6.03 Å². The van der Waals surface area contributed by atoms with E-state index in [0.29, 0.717) is 6.54 Å². The fourth-order valence-electron chi connectivity index (χ4n) is 1.44. The minimum absolute atomic E-state index is 0.0309. The van der Waals surface area contributed by atoms with E-state index in [-0.39, 0.29) is 12.1 Å². The van der Waals surface area contributed by atoms with Crippen LogP contribution in [0.3, 0.4) is 0 Å². The summed E-state index contributed by atoms with van der Waals surface area (Å²) < 4.78 is 0. The number of carbonyl (C=O) groups is 1. The Morgan fingerprint density at radius 1 is 1.44 bits per heavy atom. The molecule has 0 radical (unpaired) electrons. The quantitative estimate of drug-likeness (QED) is 0.464. The molecule has 4 nitrogen and oxygen atoms in total. The molecule has 3 N–H and O–H groups in total. The highest BCUT2D eigenvalue weighted by Crippen LogP contribution is 2.10. The molecule has 0 fully saturated rings. The molecular formula is C12H19N3O. The predicted octanol–water partition coefficient (Wildman–Crippen LogP) is 2.04. The second-order valence-corrected chi connectivity index (χ2v) is 3.78. The number of amides is 2. The number of hydrazine groups is 1. The summed E-state index contributed by atoms with van der Waals surface area (Å²) >= 11 is 0. The van der Waals surface area contributed by atoms with Gasteiger partial charge in [0.15, 0.2) is 0 Å². The Bertz CT molecular complexity index is 326. The molecule has 16 heavy (non-hydrogen) atoms. The van der Waals surface area contributed by atoms with E-state index in [2.05, 4.69) is 5.32 Å². The molecule has 88 valence electrons. The lowest BCUT2D eigenvalue weighted by Crippen LogP contribution is -2.45. The van der Waals surface area contributed by atoms with Crippen LogP contribution in [0, 0.1) is 0 Å². The second kappa shape index (κ2) is 6.12. The van der Waals surface area contributed by atoms with Crippen molar-refractivity contribution in [1.29, 1.82) is 0 Å². The van der Waals surface area contributed by atoms with Crippen molar-refractivity contribution < 1.29 is 4.79 Å². The van der Waals surface area contributed by atoms with Crippen molar-refractivity contribution in [3.05, 3.63) is 35.9 Å². The predicted molar refractivity (Wildman–Crippen MR) is 64.6 cm³/mol. The number of carbonyl (C=O) groups excluding carboxylic acids is 1. The summed E-state index contributed by atoms with van der Waals surface area (Å²) in [6, 6.07) is 9.53. The number of rotatable bonds is 4. The maximum absolute atomic E-state index is 11.6. The molecule has 0 aromatic heterocycles. The summed E-state index contributed by atoms with van der Waals surface area (Å²) in [4.78, 5) is 11.6. The fraction of sp³-hybridized carbons (Fsp3) is 0.417. The van der Waals surface area contributed by atoms with Gasteiger partial charge < -0.3 is 5.32 Å². The van der Waals surface area contributed by atoms with E-state index in [9.17, 15) is 4.79 Å². The topological polar surface area (TPSA) is 58.4 Å². The van der Waals surface area contributed by atoms with Crippen LogP contribution in [0.5, 0.6) is 0 Å². The molecule has 0 spiro atoms. The zero-order chi connectivity index (χ0) is 12.0. The van der Waals surface area contributed by atoms with Gasteiger partial charge in [-0.25, -0.2) is 10.6 Å². The van der Waals surface area contributed by atoms with Crippen LogP contribution in [0.25, 0.3) is 0 Å². The SMILES string of the molecule is CCCN(N)C(=O)N[C@@H](C)c1ccccc1. The standard InChI is InChI=1S/C12H19N3O/c1-3-9-15(13)12(16)14-10(2)11-7-5-4-6-8-11/h4-8,10H,3,9,13H2,1-2H3,(H,14,16)/t10-/m0/s1. The van der Waals surface area contributed by atoms with Gasteiger partial charge in [0.05, 0.1) is 6.04 Å². The summed E-state index contributed by atoms with van der Waals surface area (Å²) in [6.07, 6.45) is 0.851. The van der Waals surface area contributed by atoms with Crippen molar-refractivity contribution in [3.8, 4) is 0 Å². The third kappa shape index (κ3) is 3.55. The van der Waals surface area contributed by atoms with Crippen molar-refractivity contribution in [2.45, 2.75) is 26.3 Å². The van der Waals surface area contributed by atoms with Gasteiger partial charge in [0.2, 0.25) is 0 Å². The van der Waals surface area contributed by atoms with Crippen molar-refractivity contribution >= 4 is 6.03 Å². The summed E-state index contributed by atoms with van der Waals surface area (Å²) in [5.41, 5.74) is 1.07. The molecule has 0 aliphatic heterocycles. The van der Waals surface area contributed by atoms with Crippen LogP contribution in [0.2, 0.25) is 0 Å². The van der Waals surface area contributed by atoms with Crippen LogP contribution >= 0.6 is 0 Å². The van der Waals surface area contributed by atoms with Gasteiger partial charge in [0, 0.05) is 6.54 Å². The molecule has 0 unspecified atom stereocenters. The van der Waals surface area contributed by atoms with E-state index in [1.165, 1.54) is 5.01 Å². The Morgan fingerprint density at radius 2 is 2.06 bits per heavy atom. The van der Waals surface area contributed by atoms with Crippen LogP contribution in [0.4, 0.5) is 4.79 Å². The summed E-state index contributed by atoms with van der Waals surface area (Å²) in [5.74, 6) is 5.58. The van der Waals surface area contributed by atoms with E-state index in [4.69, 9.17) is 5.84 Å². The molecule has 1 rings (SSSR count). The minimum atomic E-state index is -0.238. The molecule has 0 bridgehead atoms. The smallest absolute Gasteiger partial charge is 0.330 e. The number of urea groups is 1. The first-order valence-corrected chi connectivity index (χ1v) is 5.52. The van der Waals surface area contributed by atoms with E-state index in [1.807, 2.05) is 44.2 Å². The molecule has 4 heteroatoms. The van der Waals surface area contributed by atoms with Crippen LogP contribution in [0.15, 0.2) is 30.3 Å². The number of nitrogens with zero attached hydrogens (tertiary/aromatic N) is 1. The molecule has 0 saturated heterocycles. The molecule has 1 aromatic rings. The highest BCUT2D eigenvalue weighted by molar-refractivity contribution is 5.73. The largest absolute Gasteiger partial charge is 0.331 e. The van der Waals surface area contributed by atoms with Crippen molar-refractivity contribution in [3.63, 3.8) is 0 Å². The van der Waals surface area contributed by atoms with E-state index < -0.39 is 0 Å². The Balaban J connectivity index is 2.51. The lowest BCUT2D eigenvalue weighted by atomic mass is 10.1. The molecule has 2 amide bonds. The first-order valence-electron chi connectivity index (χ1n) is 5.52. The Labute approximate surface area is 96.4 Å². The number of nitrogens with one attached hydrogen (secondary N) is 1. The molecule has 0 saturated carbocycles. The molecular weight excluding hydrogens is 202 g/mol. The molecule has 0 heterocycles. The molecule has 0 aliphatic rings. The molecule has 1 aromatic carbocycles. The van der Waals surface area contributed by atoms with Gasteiger partial charge in [0.25, 0.3) is 0 Å². The maximum Gasteiger partial charge on any atom is 0.331 e. The van der Waals surface area contributed by atoms with Crippen LogP contribution in [-0.2, 0) is 0 Å². The fourth-order valence-corrected chi connectivity index (χ4v) is 1.44. The van der Waals surface area contributed by atoms with Crippen molar-refractivity contribution in [1.82, 2.24) is 10.3 Å². The van der Waals surface area contributed by atoms with Gasteiger partial charge in [-0.2, -0.15) is 0 Å². The number of hydrogen-bond acceptors (Lipinski definition) is 2. The Morgan fingerprint density at radius 3 is 2.62 bits per heavy atom. The summed E-state index contributed by atoms with van der Waals surface area (Å²) in [6.45, 7) is 4.48. The zero-order valence-electron chi connectivity index (χ0n) is 9.81. The maximum atomic E-state index is 11.6. The van der Waals surface area contributed by atoms with Crippen LogP contribution in [-0.4, -0.2) is 17.6 Å². The summed E-state index contributed by atoms with van der Waals surface area (Å²) in [5, 5.41) is 4.05. The van der Waals surface area contributed by atoms with Crippen LogP contribution < -0.4 is 11.2 Å². The van der Waals surface area contributed by atoms with E-state index >= 15 is 0 Å². The molecule has 0 aliphatic carbocycles. The van der Waals surface area contributed by atoms with Gasteiger partial charge in [-0.15, -0.1) is 0 Å². The monoisotopic (exact) mass is 221 g/mol. The van der Waals surface area contributed by atoms with Crippen molar-refractivity contribution in [2.24, 2.45) is 5.84 Å². The highest BCUT2D eigenvalue weighted by atomic mass is 16.2. The molecule has 1 atom stereocenters. The zero-order valence-corrected chi connectivity index (χ0v) is 9.81. The van der Waals surface area contributed by atoms with Gasteiger partial charge in [-0.1, -0.05) is 37.3 Å². The normalized spacial score (nSPS) is 11.9. The number of benzene rings is 1. The summed E-state index contributed by atoms with van der Waals surface area (Å²) in [7, 11) is 0. The average Bonchev–Trinajstić information content (AvgIpc) is 2.30. The lowest BCUT2D eigenvalue weighted by molar-refractivity contribution is 0.195. The third-order valence-corrected chi connectivity index (χ3v) is 2.36. The minimum Gasteiger partial charge on any atom is -0.330 e. The van der Waals surface area contributed by atoms with E-state index in [0.717, 1.165) is 12.0 Å². The van der Waals surface area contributed by atoms with Crippen molar-refractivity contribution in [2.75, 3.05) is 6.54 Å². The highest BCUT2D eigenvalue weighted by Gasteiger charge is 2.12. The van der Waals surface area contributed by atoms with Gasteiger partial charge in [-0.3, -0.25) is 5.01 Å². The van der Waals surface area contributed by atoms with Gasteiger partial charge in [0.1, 0.15) is 0 Å². The number of hydrogen-bond donors (Lipinski definition) is 2. The first-order chi connectivity index (χ1) is 7.65. The van der Waals surface area contributed by atoms with E-state index in [1.54, 1.807) is 0 Å². The Hall–Kier alpha value is -1.55. The second-order valence-electron chi connectivity index (χ2n) is 3.78.